The molecule has 2 atom stereocenters. The molecular weight excluding hydrogens is 224 g/mol. The Labute approximate surface area is 108 Å². The molecule has 1 aliphatic carbocycles. The lowest BCUT2D eigenvalue weighted by atomic mass is 9.97. The second kappa shape index (κ2) is 4.43. The zero-order chi connectivity index (χ0) is 12.7. The van der Waals surface area contributed by atoms with Crippen molar-refractivity contribution in [1.29, 1.82) is 0 Å². The van der Waals surface area contributed by atoms with Crippen LogP contribution in [0, 0.1) is 5.92 Å². The summed E-state index contributed by atoms with van der Waals surface area (Å²) in [5.74, 6) is 1.72. The minimum atomic E-state index is -0.413. The Morgan fingerprint density at radius 2 is 2.11 bits per heavy atom. The molecule has 3 rings (SSSR count). The van der Waals surface area contributed by atoms with Crippen LogP contribution in [0.4, 0.5) is 0 Å². The van der Waals surface area contributed by atoms with Gasteiger partial charge in [0, 0.05) is 5.39 Å². The van der Waals surface area contributed by atoms with E-state index in [1.54, 1.807) is 0 Å². The molecule has 2 nitrogen and oxygen atoms in total. The molecule has 1 N–H and O–H groups in total. The molecule has 0 spiro atoms. The second-order valence-electron chi connectivity index (χ2n) is 5.54. The standard InChI is InChI=1S/C16H20O2/c1-3-10(2)12-6-7-14-13(8-12)9-15(18-14)16(17)11-4-5-11/h6-11,16-17H,3-5H2,1-2H3. The molecule has 1 aromatic heterocycles. The molecule has 96 valence electrons. The number of fused-ring (bicyclic) bond motifs is 1. The molecule has 18 heavy (non-hydrogen) atoms. The molecule has 1 heterocycles. The van der Waals surface area contributed by atoms with Gasteiger partial charge in [-0.25, -0.2) is 0 Å². The number of aliphatic hydroxyl groups is 1. The SMILES string of the molecule is CCC(C)c1ccc2oc(C(O)C3CC3)cc2c1. The van der Waals surface area contributed by atoms with E-state index < -0.39 is 6.10 Å². The van der Waals surface area contributed by atoms with Crippen LogP contribution in [0.15, 0.2) is 28.7 Å². The third kappa shape index (κ3) is 2.05. The number of furan rings is 1. The van der Waals surface area contributed by atoms with Crippen LogP contribution in [-0.2, 0) is 0 Å². The van der Waals surface area contributed by atoms with Gasteiger partial charge >= 0.3 is 0 Å². The average molecular weight is 244 g/mol. The monoisotopic (exact) mass is 244 g/mol. The van der Waals surface area contributed by atoms with Crippen LogP contribution in [-0.4, -0.2) is 5.11 Å². The smallest absolute Gasteiger partial charge is 0.134 e. The summed E-state index contributed by atoms with van der Waals surface area (Å²) >= 11 is 0. The van der Waals surface area contributed by atoms with Gasteiger partial charge in [0.2, 0.25) is 0 Å². The number of aliphatic hydroxyl groups excluding tert-OH is 1. The van der Waals surface area contributed by atoms with Gasteiger partial charge in [0.05, 0.1) is 0 Å². The van der Waals surface area contributed by atoms with Crippen LogP contribution in [0.3, 0.4) is 0 Å². The Hall–Kier alpha value is -1.28. The first kappa shape index (κ1) is 11.8. The highest BCUT2D eigenvalue weighted by Crippen LogP contribution is 2.42. The molecule has 0 bridgehead atoms. The van der Waals surface area contributed by atoms with Crippen molar-refractivity contribution in [2.75, 3.05) is 0 Å². The lowest BCUT2D eigenvalue weighted by molar-refractivity contribution is 0.129. The molecular formula is C16H20O2. The number of rotatable bonds is 4. The van der Waals surface area contributed by atoms with E-state index in [1.165, 1.54) is 5.56 Å². The Balaban J connectivity index is 1.95. The Bertz CT molecular complexity index is 551. The van der Waals surface area contributed by atoms with Gasteiger partial charge in [0.1, 0.15) is 17.4 Å². The molecule has 1 fully saturated rings. The molecule has 1 aliphatic rings. The summed E-state index contributed by atoms with van der Waals surface area (Å²) in [6, 6.07) is 8.35. The molecule has 0 amide bonds. The van der Waals surface area contributed by atoms with E-state index in [2.05, 4.69) is 26.0 Å². The van der Waals surface area contributed by atoms with Gasteiger partial charge < -0.3 is 9.52 Å². The number of hydrogen-bond acceptors (Lipinski definition) is 2. The predicted molar refractivity (Wildman–Crippen MR) is 72.6 cm³/mol. The van der Waals surface area contributed by atoms with E-state index in [0.717, 1.165) is 36.0 Å². The minimum Gasteiger partial charge on any atom is -0.458 e. The first-order valence-electron chi connectivity index (χ1n) is 6.90. The third-order valence-corrected chi connectivity index (χ3v) is 4.10. The molecule has 0 aliphatic heterocycles. The van der Waals surface area contributed by atoms with E-state index in [-0.39, 0.29) is 0 Å². The summed E-state index contributed by atoms with van der Waals surface area (Å²) in [5.41, 5.74) is 2.23. The van der Waals surface area contributed by atoms with Crippen molar-refractivity contribution in [3.05, 3.63) is 35.6 Å². The highest BCUT2D eigenvalue weighted by atomic mass is 16.4. The Morgan fingerprint density at radius 3 is 2.78 bits per heavy atom. The molecule has 1 aromatic carbocycles. The maximum atomic E-state index is 10.1. The fraction of sp³-hybridized carbons (Fsp3) is 0.500. The molecule has 2 unspecified atom stereocenters. The van der Waals surface area contributed by atoms with E-state index >= 15 is 0 Å². The van der Waals surface area contributed by atoms with Crippen molar-refractivity contribution < 1.29 is 9.52 Å². The van der Waals surface area contributed by atoms with Gasteiger partial charge in [0.25, 0.3) is 0 Å². The maximum Gasteiger partial charge on any atom is 0.134 e. The van der Waals surface area contributed by atoms with Crippen molar-refractivity contribution in [2.45, 2.75) is 45.1 Å². The van der Waals surface area contributed by atoms with Crippen molar-refractivity contribution in [2.24, 2.45) is 5.92 Å². The summed E-state index contributed by atoms with van der Waals surface area (Å²) in [4.78, 5) is 0. The number of benzene rings is 1. The van der Waals surface area contributed by atoms with E-state index in [0.29, 0.717) is 11.8 Å². The normalized spacial score (nSPS) is 19.1. The van der Waals surface area contributed by atoms with Gasteiger partial charge in [-0.15, -0.1) is 0 Å². The molecule has 1 saturated carbocycles. The van der Waals surface area contributed by atoms with Crippen LogP contribution in [0.5, 0.6) is 0 Å². The largest absolute Gasteiger partial charge is 0.458 e. The van der Waals surface area contributed by atoms with Crippen LogP contribution in [0.2, 0.25) is 0 Å². The van der Waals surface area contributed by atoms with Gasteiger partial charge in [-0.1, -0.05) is 19.9 Å². The van der Waals surface area contributed by atoms with Crippen molar-refractivity contribution >= 4 is 11.0 Å². The average Bonchev–Trinajstić information content (AvgIpc) is 3.15. The first-order valence-corrected chi connectivity index (χ1v) is 6.90. The van der Waals surface area contributed by atoms with Crippen molar-refractivity contribution in [1.82, 2.24) is 0 Å². The summed E-state index contributed by atoms with van der Waals surface area (Å²) in [7, 11) is 0. The van der Waals surface area contributed by atoms with E-state index in [4.69, 9.17) is 4.42 Å². The summed E-state index contributed by atoms with van der Waals surface area (Å²) in [6.45, 7) is 4.44. The fourth-order valence-corrected chi connectivity index (χ4v) is 2.41. The topological polar surface area (TPSA) is 33.4 Å². The number of hydrogen-bond donors (Lipinski definition) is 1. The van der Waals surface area contributed by atoms with Crippen LogP contribution >= 0.6 is 0 Å². The zero-order valence-electron chi connectivity index (χ0n) is 11.0. The maximum absolute atomic E-state index is 10.1. The van der Waals surface area contributed by atoms with Crippen molar-refractivity contribution in [3.8, 4) is 0 Å². The lowest BCUT2D eigenvalue weighted by Crippen LogP contribution is -1.96. The van der Waals surface area contributed by atoms with Gasteiger partial charge in [-0.3, -0.25) is 0 Å². The van der Waals surface area contributed by atoms with Gasteiger partial charge in [-0.2, -0.15) is 0 Å². The van der Waals surface area contributed by atoms with Crippen molar-refractivity contribution in [3.63, 3.8) is 0 Å². The van der Waals surface area contributed by atoms with Gasteiger partial charge in [0.15, 0.2) is 0 Å². The highest BCUT2D eigenvalue weighted by molar-refractivity contribution is 5.79. The van der Waals surface area contributed by atoms with Crippen LogP contribution in [0.1, 0.15) is 56.5 Å². The minimum absolute atomic E-state index is 0.413. The fourth-order valence-electron chi connectivity index (χ4n) is 2.41. The molecule has 0 saturated heterocycles. The van der Waals surface area contributed by atoms with E-state index in [9.17, 15) is 5.11 Å². The Kier molecular flexibility index (Phi) is 2.90. The van der Waals surface area contributed by atoms with Gasteiger partial charge in [-0.05, 0) is 54.9 Å². The summed E-state index contributed by atoms with van der Waals surface area (Å²) in [6.07, 6.45) is 2.97. The molecule has 0 radical (unpaired) electrons. The third-order valence-electron chi connectivity index (χ3n) is 4.10. The Morgan fingerprint density at radius 1 is 1.33 bits per heavy atom. The molecule has 2 heteroatoms. The van der Waals surface area contributed by atoms with E-state index in [1.807, 2.05) is 12.1 Å². The molecule has 2 aromatic rings. The predicted octanol–water partition coefficient (Wildman–Crippen LogP) is 4.39. The quantitative estimate of drug-likeness (QED) is 0.865. The zero-order valence-corrected chi connectivity index (χ0v) is 11.0. The lowest BCUT2D eigenvalue weighted by Gasteiger charge is -2.07. The summed E-state index contributed by atoms with van der Waals surface area (Å²) < 4.78 is 5.75. The van der Waals surface area contributed by atoms with Crippen LogP contribution in [0.25, 0.3) is 11.0 Å². The highest BCUT2D eigenvalue weighted by Gasteiger charge is 2.32. The summed E-state index contributed by atoms with van der Waals surface area (Å²) in [5, 5.41) is 11.2. The first-order chi connectivity index (χ1) is 8.69. The van der Waals surface area contributed by atoms with Crippen LogP contribution < -0.4 is 0 Å². The second-order valence-corrected chi connectivity index (χ2v) is 5.54.